The van der Waals surface area contributed by atoms with Gasteiger partial charge in [0.2, 0.25) is 5.65 Å². The van der Waals surface area contributed by atoms with Crippen molar-refractivity contribution in [3.05, 3.63) is 18.2 Å². The van der Waals surface area contributed by atoms with Crippen LogP contribution in [0.15, 0.2) is 12.4 Å². The van der Waals surface area contributed by atoms with E-state index in [9.17, 15) is 0 Å². The maximum absolute atomic E-state index is 5.83. The monoisotopic (exact) mass is 269 g/mol. The summed E-state index contributed by atoms with van der Waals surface area (Å²) >= 11 is 5.83. The Morgan fingerprint density at radius 2 is 2.22 bits per heavy atom. The van der Waals surface area contributed by atoms with E-state index in [0.717, 1.165) is 23.8 Å². The van der Waals surface area contributed by atoms with Gasteiger partial charge in [-0.1, -0.05) is 0 Å². The van der Waals surface area contributed by atoms with Gasteiger partial charge in [-0.2, -0.15) is 0 Å². The molecule has 0 saturated carbocycles. The molecule has 2 heterocycles. The zero-order valence-corrected chi connectivity index (χ0v) is 11.3. The van der Waals surface area contributed by atoms with Crippen molar-refractivity contribution < 1.29 is 4.74 Å². The number of hydrogen-bond donors (Lipinski definition) is 0. The molecule has 0 aliphatic heterocycles. The zero-order chi connectivity index (χ0) is 13.0. The minimum atomic E-state index is 0.527. The van der Waals surface area contributed by atoms with Crippen LogP contribution in [0.5, 0.6) is 0 Å². The fourth-order valence-electron chi connectivity index (χ4n) is 1.78. The Labute approximate surface area is 111 Å². The van der Waals surface area contributed by atoms with Crippen LogP contribution in [-0.2, 0) is 4.74 Å². The van der Waals surface area contributed by atoms with Crippen LogP contribution in [0, 0.1) is 6.92 Å². The van der Waals surface area contributed by atoms with E-state index in [4.69, 9.17) is 16.3 Å². The largest absolute Gasteiger partial charge is 0.383 e. The van der Waals surface area contributed by atoms with E-state index < -0.39 is 0 Å². The van der Waals surface area contributed by atoms with Gasteiger partial charge < -0.3 is 9.64 Å². The Morgan fingerprint density at radius 3 is 2.94 bits per heavy atom. The molecule has 98 valence electrons. The third kappa shape index (κ3) is 2.54. The maximum Gasteiger partial charge on any atom is 0.203 e. The van der Waals surface area contributed by atoms with Gasteiger partial charge >= 0.3 is 0 Å². The van der Waals surface area contributed by atoms with Gasteiger partial charge in [0.1, 0.15) is 5.82 Å². The molecular formula is C11H16ClN5O. The summed E-state index contributed by atoms with van der Waals surface area (Å²) in [6.45, 7) is 3.95. The predicted octanol–water partition coefficient (Wildman–Crippen LogP) is 1.12. The van der Waals surface area contributed by atoms with Gasteiger partial charge in [0.05, 0.1) is 6.61 Å². The van der Waals surface area contributed by atoms with Crippen molar-refractivity contribution in [2.45, 2.75) is 6.92 Å². The quantitative estimate of drug-likeness (QED) is 0.736. The van der Waals surface area contributed by atoms with Gasteiger partial charge in [-0.05, 0) is 6.92 Å². The predicted molar refractivity (Wildman–Crippen MR) is 70.3 cm³/mol. The number of anilines is 1. The molecule has 0 bridgehead atoms. The molecular weight excluding hydrogens is 254 g/mol. The standard InChI is InChI=1S/C11H16ClN5O/c1-9-14-15-11-10(13-4-6-17(9)11)16(5-3-12)7-8-18-2/h4,6H,3,5,7-8H2,1-2H3. The van der Waals surface area contributed by atoms with E-state index in [1.165, 1.54) is 0 Å². The lowest BCUT2D eigenvalue weighted by molar-refractivity contribution is 0.205. The summed E-state index contributed by atoms with van der Waals surface area (Å²) in [6, 6.07) is 0. The van der Waals surface area contributed by atoms with Gasteiger partial charge in [0.25, 0.3) is 0 Å². The Balaban J connectivity index is 2.36. The normalized spacial score (nSPS) is 11.1. The van der Waals surface area contributed by atoms with Crippen LogP contribution in [0.4, 0.5) is 5.82 Å². The lowest BCUT2D eigenvalue weighted by atomic mass is 10.4. The van der Waals surface area contributed by atoms with E-state index in [1.807, 2.05) is 17.5 Å². The lowest BCUT2D eigenvalue weighted by Crippen LogP contribution is -2.30. The highest BCUT2D eigenvalue weighted by Gasteiger charge is 2.14. The molecule has 0 unspecified atom stereocenters. The number of aryl methyl sites for hydroxylation is 1. The summed E-state index contributed by atoms with van der Waals surface area (Å²) < 4.78 is 7.02. The number of hydrogen-bond acceptors (Lipinski definition) is 5. The van der Waals surface area contributed by atoms with Crippen LogP contribution in [-0.4, -0.2) is 52.3 Å². The number of rotatable bonds is 6. The maximum atomic E-state index is 5.83. The molecule has 0 radical (unpaired) electrons. The second kappa shape index (κ2) is 5.97. The molecule has 0 saturated heterocycles. The average Bonchev–Trinajstić information content (AvgIpc) is 2.77. The van der Waals surface area contributed by atoms with Crippen molar-refractivity contribution in [2.75, 3.05) is 37.6 Å². The van der Waals surface area contributed by atoms with Crippen molar-refractivity contribution in [3.8, 4) is 0 Å². The van der Waals surface area contributed by atoms with Crippen LogP contribution in [0.2, 0.25) is 0 Å². The summed E-state index contributed by atoms with van der Waals surface area (Å²) in [7, 11) is 1.67. The van der Waals surface area contributed by atoms with E-state index in [0.29, 0.717) is 19.0 Å². The van der Waals surface area contributed by atoms with Gasteiger partial charge in [0.15, 0.2) is 5.82 Å². The number of nitrogens with zero attached hydrogens (tertiary/aromatic N) is 5. The van der Waals surface area contributed by atoms with Crippen LogP contribution >= 0.6 is 11.6 Å². The second-order valence-corrected chi connectivity index (χ2v) is 4.24. The van der Waals surface area contributed by atoms with E-state index in [-0.39, 0.29) is 0 Å². The molecule has 0 N–H and O–H groups in total. The van der Waals surface area contributed by atoms with Gasteiger partial charge in [-0.3, -0.25) is 4.40 Å². The second-order valence-electron chi connectivity index (χ2n) is 3.86. The fraction of sp³-hybridized carbons (Fsp3) is 0.545. The molecule has 2 aromatic rings. The van der Waals surface area contributed by atoms with Crippen molar-refractivity contribution in [3.63, 3.8) is 0 Å². The molecule has 0 fully saturated rings. The lowest BCUT2D eigenvalue weighted by Gasteiger charge is -2.22. The minimum absolute atomic E-state index is 0.527. The number of ether oxygens (including phenoxy) is 1. The van der Waals surface area contributed by atoms with Crippen molar-refractivity contribution in [1.82, 2.24) is 19.6 Å². The third-order valence-electron chi connectivity index (χ3n) is 2.70. The number of fused-ring (bicyclic) bond motifs is 1. The summed E-state index contributed by atoms with van der Waals surface area (Å²) in [5.41, 5.74) is 0.746. The van der Waals surface area contributed by atoms with Gasteiger partial charge in [-0.25, -0.2) is 4.98 Å². The third-order valence-corrected chi connectivity index (χ3v) is 2.87. The Kier molecular flexibility index (Phi) is 4.33. The van der Waals surface area contributed by atoms with Gasteiger partial charge in [0, 0.05) is 38.5 Å². The zero-order valence-electron chi connectivity index (χ0n) is 10.5. The smallest absolute Gasteiger partial charge is 0.203 e. The first kappa shape index (κ1) is 13.0. The van der Waals surface area contributed by atoms with E-state index >= 15 is 0 Å². The SMILES string of the molecule is COCCN(CCCl)c1nccn2c(C)nnc12. The molecule has 18 heavy (non-hydrogen) atoms. The molecule has 0 aliphatic rings. The summed E-state index contributed by atoms with van der Waals surface area (Å²) in [5.74, 6) is 2.15. The fourth-order valence-corrected chi connectivity index (χ4v) is 1.98. The first-order valence-corrected chi connectivity index (χ1v) is 6.27. The highest BCUT2D eigenvalue weighted by atomic mass is 35.5. The Morgan fingerprint density at radius 1 is 1.39 bits per heavy atom. The summed E-state index contributed by atoms with van der Waals surface area (Å²) in [4.78, 5) is 6.44. The molecule has 2 rings (SSSR count). The average molecular weight is 270 g/mol. The molecule has 7 heteroatoms. The minimum Gasteiger partial charge on any atom is -0.383 e. The summed E-state index contributed by atoms with van der Waals surface area (Å²) in [5, 5.41) is 8.22. The highest BCUT2D eigenvalue weighted by molar-refractivity contribution is 6.18. The first-order chi connectivity index (χ1) is 8.77. The summed E-state index contributed by atoms with van der Waals surface area (Å²) in [6.07, 6.45) is 3.59. The number of methoxy groups -OCH3 is 1. The molecule has 0 atom stereocenters. The van der Waals surface area contributed by atoms with Crippen LogP contribution in [0.25, 0.3) is 5.65 Å². The number of halogens is 1. The van der Waals surface area contributed by atoms with E-state index in [2.05, 4.69) is 20.1 Å². The molecule has 2 aromatic heterocycles. The number of alkyl halides is 1. The first-order valence-electron chi connectivity index (χ1n) is 5.74. The molecule has 6 nitrogen and oxygen atoms in total. The van der Waals surface area contributed by atoms with Crippen LogP contribution < -0.4 is 4.90 Å². The topological polar surface area (TPSA) is 55.5 Å². The van der Waals surface area contributed by atoms with Gasteiger partial charge in [-0.15, -0.1) is 21.8 Å². The van der Waals surface area contributed by atoms with E-state index in [1.54, 1.807) is 13.3 Å². The Bertz CT molecular complexity index is 515. The van der Waals surface area contributed by atoms with Crippen LogP contribution in [0.3, 0.4) is 0 Å². The molecule has 0 amide bonds. The Hall–Kier alpha value is -1.40. The molecule has 0 spiro atoms. The molecule has 0 aromatic carbocycles. The number of aromatic nitrogens is 4. The van der Waals surface area contributed by atoms with Crippen LogP contribution in [0.1, 0.15) is 5.82 Å². The van der Waals surface area contributed by atoms with Crippen molar-refractivity contribution in [1.29, 1.82) is 0 Å². The highest BCUT2D eigenvalue weighted by Crippen LogP contribution is 2.17. The van der Waals surface area contributed by atoms with Crippen molar-refractivity contribution >= 4 is 23.1 Å². The van der Waals surface area contributed by atoms with Crippen molar-refractivity contribution in [2.24, 2.45) is 0 Å². The molecule has 0 aliphatic carbocycles.